The van der Waals surface area contributed by atoms with Gasteiger partial charge in [0.2, 0.25) is 0 Å². The van der Waals surface area contributed by atoms with Crippen LogP contribution in [0.15, 0.2) is 0 Å². The van der Waals surface area contributed by atoms with E-state index in [2.05, 4.69) is 20.8 Å². The molecule has 0 aromatic rings. The predicted molar refractivity (Wildman–Crippen MR) is 55.2 cm³/mol. The molecule has 1 aliphatic carbocycles. The van der Waals surface area contributed by atoms with Crippen LogP contribution in [-0.2, 0) is 0 Å². The number of hydrogen-bond acceptors (Lipinski definition) is 0. The summed E-state index contributed by atoms with van der Waals surface area (Å²) in [6.45, 7) is 7.06. The van der Waals surface area contributed by atoms with Gasteiger partial charge in [0.15, 0.2) is 0 Å². The van der Waals surface area contributed by atoms with Crippen LogP contribution in [0.1, 0.15) is 59.3 Å². The van der Waals surface area contributed by atoms with Crippen LogP contribution >= 0.6 is 0 Å². The number of rotatable bonds is 4. The molecule has 0 nitrogen and oxygen atoms in total. The smallest absolute Gasteiger partial charge is 0.0383 e. The lowest BCUT2D eigenvalue weighted by Gasteiger charge is -2.20. The molecule has 0 spiro atoms. The molecule has 0 heteroatoms. The van der Waals surface area contributed by atoms with Crippen molar-refractivity contribution in [2.24, 2.45) is 17.8 Å². The van der Waals surface area contributed by atoms with Gasteiger partial charge in [0, 0.05) is 0 Å². The topological polar surface area (TPSA) is 0 Å². The first-order chi connectivity index (χ1) is 5.81. The van der Waals surface area contributed by atoms with Crippen molar-refractivity contribution in [3.63, 3.8) is 0 Å². The molecule has 0 aromatic heterocycles. The van der Waals surface area contributed by atoms with Gasteiger partial charge in [0.1, 0.15) is 0 Å². The van der Waals surface area contributed by atoms with Crippen molar-refractivity contribution in [1.82, 2.24) is 0 Å². The molecule has 0 amide bonds. The Hall–Kier alpha value is 0. The highest BCUT2D eigenvalue weighted by molar-refractivity contribution is 4.78. The van der Waals surface area contributed by atoms with Crippen molar-refractivity contribution in [3.05, 3.63) is 0 Å². The molecule has 0 radical (unpaired) electrons. The van der Waals surface area contributed by atoms with E-state index in [4.69, 9.17) is 0 Å². The SMILES string of the molecule is CCC(CC)C1CC[C@@H](CC)C1. The van der Waals surface area contributed by atoms with Gasteiger partial charge in [-0.15, -0.1) is 0 Å². The highest BCUT2D eigenvalue weighted by Gasteiger charge is 2.27. The second-order valence-electron chi connectivity index (χ2n) is 4.42. The third-order valence-electron chi connectivity index (χ3n) is 3.87. The summed E-state index contributed by atoms with van der Waals surface area (Å²) < 4.78 is 0. The standard InChI is InChI=1S/C12H24/c1-4-10-7-8-12(9-10)11(5-2)6-3/h10-12H,4-9H2,1-3H3/t10-,12?/m1/s1. The van der Waals surface area contributed by atoms with Gasteiger partial charge in [-0.05, 0) is 30.6 Å². The fourth-order valence-electron chi connectivity index (χ4n) is 2.87. The highest BCUT2D eigenvalue weighted by atomic mass is 14.3. The Bertz CT molecular complexity index is 113. The lowest BCUT2D eigenvalue weighted by atomic mass is 9.86. The molecule has 1 fully saturated rings. The van der Waals surface area contributed by atoms with E-state index in [9.17, 15) is 0 Å². The average molecular weight is 168 g/mol. The van der Waals surface area contributed by atoms with Crippen LogP contribution in [-0.4, -0.2) is 0 Å². The normalized spacial score (nSPS) is 30.0. The van der Waals surface area contributed by atoms with Gasteiger partial charge in [-0.25, -0.2) is 0 Å². The third kappa shape index (κ3) is 2.24. The maximum atomic E-state index is 2.35. The molecule has 0 aromatic carbocycles. The second kappa shape index (κ2) is 4.89. The highest BCUT2D eigenvalue weighted by Crippen LogP contribution is 2.39. The van der Waals surface area contributed by atoms with Crippen molar-refractivity contribution < 1.29 is 0 Å². The second-order valence-corrected chi connectivity index (χ2v) is 4.42. The lowest BCUT2D eigenvalue weighted by Crippen LogP contribution is -2.09. The van der Waals surface area contributed by atoms with E-state index in [0.717, 1.165) is 17.8 Å². The Morgan fingerprint density at radius 1 is 1.08 bits per heavy atom. The predicted octanol–water partition coefficient (Wildman–Crippen LogP) is 4.25. The zero-order valence-corrected chi connectivity index (χ0v) is 8.97. The maximum absolute atomic E-state index is 2.35. The van der Waals surface area contributed by atoms with Crippen LogP contribution in [0.25, 0.3) is 0 Å². The monoisotopic (exact) mass is 168 g/mol. The van der Waals surface area contributed by atoms with Crippen molar-refractivity contribution in [2.45, 2.75) is 59.3 Å². The van der Waals surface area contributed by atoms with Crippen LogP contribution in [0, 0.1) is 17.8 Å². The summed E-state index contributed by atoms with van der Waals surface area (Å²) >= 11 is 0. The van der Waals surface area contributed by atoms with Gasteiger partial charge < -0.3 is 0 Å². The van der Waals surface area contributed by atoms with Gasteiger partial charge in [-0.2, -0.15) is 0 Å². The van der Waals surface area contributed by atoms with Crippen LogP contribution in [0.5, 0.6) is 0 Å². The van der Waals surface area contributed by atoms with Crippen LogP contribution in [0.3, 0.4) is 0 Å². The van der Waals surface area contributed by atoms with Gasteiger partial charge >= 0.3 is 0 Å². The minimum atomic E-state index is 1.03. The van der Waals surface area contributed by atoms with E-state index >= 15 is 0 Å². The Labute approximate surface area is 77.7 Å². The van der Waals surface area contributed by atoms with Crippen molar-refractivity contribution in [2.75, 3.05) is 0 Å². The first kappa shape index (κ1) is 10.1. The van der Waals surface area contributed by atoms with E-state index in [0.29, 0.717) is 0 Å². The minimum Gasteiger partial charge on any atom is -0.0651 e. The lowest BCUT2D eigenvalue weighted by molar-refractivity contribution is 0.308. The van der Waals surface area contributed by atoms with E-state index in [1.54, 1.807) is 0 Å². The van der Waals surface area contributed by atoms with Gasteiger partial charge in [0.25, 0.3) is 0 Å². The first-order valence-corrected chi connectivity index (χ1v) is 5.81. The molecule has 1 aliphatic rings. The molecule has 1 saturated carbocycles. The summed E-state index contributed by atoms with van der Waals surface area (Å²) in [6.07, 6.45) is 8.78. The van der Waals surface area contributed by atoms with Gasteiger partial charge in [-0.1, -0.05) is 46.5 Å². The zero-order chi connectivity index (χ0) is 8.97. The van der Waals surface area contributed by atoms with Crippen molar-refractivity contribution in [1.29, 1.82) is 0 Å². The Kier molecular flexibility index (Phi) is 4.11. The molecule has 0 saturated heterocycles. The van der Waals surface area contributed by atoms with Crippen LogP contribution in [0.2, 0.25) is 0 Å². The number of hydrogen-bond donors (Lipinski definition) is 0. The zero-order valence-electron chi connectivity index (χ0n) is 8.97. The fourth-order valence-corrected chi connectivity index (χ4v) is 2.87. The Balaban J connectivity index is 2.34. The molecular formula is C12H24. The Morgan fingerprint density at radius 2 is 1.75 bits per heavy atom. The van der Waals surface area contributed by atoms with Gasteiger partial charge in [-0.3, -0.25) is 0 Å². The fraction of sp³-hybridized carbons (Fsp3) is 1.00. The molecule has 0 N–H and O–H groups in total. The first-order valence-electron chi connectivity index (χ1n) is 5.81. The molecule has 2 atom stereocenters. The van der Waals surface area contributed by atoms with E-state index in [-0.39, 0.29) is 0 Å². The molecule has 0 bridgehead atoms. The van der Waals surface area contributed by atoms with E-state index < -0.39 is 0 Å². The maximum Gasteiger partial charge on any atom is -0.0383 e. The van der Waals surface area contributed by atoms with Crippen LogP contribution < -0.4 is 0 Å². The molecule has 12 heavy (non-hydrogen) atoms. The van der Waals surface area contributed by atoms with E-state index in [1.807, 2.05) is 0 Å². The molecule has 72 valence electrons. The molecule has 1 unspecified atom stereocenters. The van der Waals surface area contributed by atoms with Crippen molar-refractivity contribution >= 4 is 0 Å². The summed E-state index contributed by atoms with van der Waals surface area (Å²) in [5.41, 5.74) is 0. The summed E-state index contributed by atoms with van der Waals surface area (Å²) in [6, 6.07) is 0. The largest absolute Gasteiger partial charge is 0.0651 e. The van der Waals surface area contributed by atoms with Crippen molar-refractivity contribution in [3.8, 4) is 0 Å². The van der Waals surface area contributed by atoms with Crippen LogP contribution in [0.4, 0.5) is 0 Å². The minimum absolute atomic E-state index is 1.03. The summed E-state index contributed by atoms with van der Waals surface area (Å²) in [5.74, 6) is 3.17. The van der Waals surface area contributed by atoms with E-state index in [1.165, 1.54) is 38.5 Å². The summed E-state index contributed by atoms with van der Waals surface area (Å²) in [5, 5.41) is 0. The molecule has 0 heterocycles. The molecule has 1 rings (SSSR count). The average Bonchev–Trinajstić information content (AvgIpc) is 2.55. The quantitative estimate of drug-likeness (QED) is 0.588. The molecule has 0 aliphatic heterocycles. The van der Waals surface area contributed by atoms with Gasteiger partial charge in [0.05, 0.1) is 0 Å². The third-order valence-corrected chi connectivity index (χ3v) is 3.87. The molecular weight excluding hydrogens is 144 g/mol. The Morgan fingerprint density at radius 3 is 2.17 bits per heavy atom. The summed E-state index contributed by atoms with van der Waals surface area (Å²) in [7, 11) is 0. The summed E-state index contributed by atoms with van der Waals surface area (Å²) in [4.78, 5) is 0.